The molecule has 0 aliphatic heterocycles. The van der Waals surface area contributed by atoms with Crippen molar-refractivity contribution in [2.75, 3.05) is 6.54 Å². The van der Waals surface area contributed by atoms with Crippen molar-refractivity contribution in [3.8, 4) is 10.6 Å². The van der Waals surface area contributed by atoms with Gasteiger partial charge in [0.15, 0.2) is 0 Å². The van der Waals surface area contributed by atoms with Gasteiger partial charge in [0, 0.05) is 17.7 Å². The van der Waals surface area contributed by atoms with Crippen LogP contribution in [0.15, 0.2) is 23.6 Å². The van der Waals surface area contributed by atoms with Gasteiger partial charge < -0.3 is 5.73 Å². The topological polar surface area (TPSA) is 51.8 Å². The SMILES string of the molecule is Cc1cc(-c2cccs2)nc(C2(CN)CC2)n1. The van der Waals surface area contributed by atoms with E-state index in [1.54, 1.807) is 11.3 Å². The minimum atomic E-state index is 0.0675. The predicted octanol–water partition coefficient (Wildman–Crippen LogP) is 2.50. The van der Waals surface area contributed by atoms with Gasteiger partial charge in [-0.1, -0.05) is 6.07 Å². The Morgan fingerprint density at radius 3 is 2.82 bits per heavy atom. The summed E-state index contributed by atoms with van der Waals surface area (Å²) >= 11 is 1.71. The first kappa shape index (κ1) is 10.9. The maximum Gasteiger partial charge on any atom is 0.136 e. The molecule has 3 nitrogen and oxygen atoms in total. The average Bonchev–Trinajstić information content (AvgIpc) is 2.94. The minimum absolute atomic E-state index is 0.0675. The van der Waals surface area contributed by atoms with Crippen LogP contribution < -0.4 is 5.73 Å². The molecule has 2 aromatic heterocycles. The van der Waals surface area contributed by atoms with E-state index in [-0.39, 0.29) is 5.41 Å². The number of aryl methyl sites for hydroxylation is 1. The smallest absolute Gasteiger partial charge is 0.136 e. The Hall–Kier alpha value is -1.26. The predicted molar refractivity (Wildman–Crippen MR) is 70.0 cm³/mol. The van der Waals surface area contributed by atoms with Gasteiger partial charge in [0.1, 0.15) is 5.82 Å². The summed E-state index contributed by atoms with van der Waals surface area (Å²) in [5.74, 6) is 0.934. The van der Waals surface area contributed by atoms with Crippen molar-refractivity contribution in [3.63, 3.8) is 0 Å². The van der Waals surface area contributed by atoms with Crippen LogP contribution in [0.3, 0.4) is 0 Å². The molecule has 88 valence electrons. The second-order valence-corrected chi connectivity index (χ2v) is 5.63. The van der Waals surface area contributed by atoms with Crippen molar-refractivity contribution >= 4 is 11.3 Å². The molecule has 0 bridgehead atoms. The lowest BCUT2D eigenvalue weighted by molar-refractivity contribution is 0.646. The summed E-state index contributed by atoms with van der Waals surface area (Å²) in [6.45, 7) is 2.68. The molecule has 2 N–H and O–H groups in total. The first-order valence-corrected chi connectivity index (χ1v) is 6.72. The van der Waals surface area contributed by atoms with Crippen molar-refractivity contribution in [1.29, 1.82) is 0 Å². The summed E-state index contributed by atoms with van der Waals surface area (Å²) in [4.78, 5) is 10.5. The first-order valence-electron chi connectivity index (χ1n) is 5.84. The van der Waals surface area contributed by atoms with Gasteiger partial charge in [-0.3, -0.25) is 0 Å². The number of hydrogen-bond acceptors (Lipinski definition) is 4. The van der Waals surface area contributed by atoms with Gasteiger partial charge in [-0.25, -0.2) is 9.97 Å². The summed E-state index contributed by atoms with van der Waals surface area (Å²) in [5.41, 5.74) is 7.97. The van der Waals surface area contributed by atoms with E-state index in [1.807, 2.05) is 19.1 Å². The Balaban J connectivity index is 2.07. The molecule has 0 aromatic carbocycles. The summed E-state index contributed by atoms with van der Waals surface area (Å²) in [6, 6.07) is 6.19. The lowest BCUT2D eigenvalue weighted by atomic mass is 10.1. The van der Waals surface area contributed by atoms with Crippen LogP contribution in [-0.4, -0.2) is 16.5 Å². The van der Waals surface area contributed by atoms with Crippen LogP contribution in [0.5, 0.6) is 0 Å². The van der Waals surface area contributed by atoms with Crippen LogP contribution in [0, 0.1) is 6.92 Å². The van der Waals surface area contributed by atoms with Gasteiger partial charge in [-0.2, -0.15) is 0 Å². The Bertz CT molecular complexity index is 530. The minimum Gasteiger partial charge on any atom is -0.329 e. The third-order valence-electron chi connectivity index (χ3n) is 3.35. The van der Waals surface area contributed by atoms with Crippen LogP contribution in [0.1, 0.15) is 24.4 Å². The molecule has 1 aliphatic rings. The quantitative estimate of drug-likeness (QED) is 0.904. The van der Waals surface area contributed by atoms with E-state index in [9.17, 15) is 0 Å². The fourth-order valence-corrected chi connectivity index (χ4v) is 2.71. The number of nitrogens with zero attached hydrogens (tertiary/aromatic N) is 2. The van der Waals surface area contributed by atoms with E-state index in [0.29, 0.717) is 6.54 Å². The van der Waals surface area contributed by atoms with Crippen LogP contribution >= 0.6 is 11.3 Å². The van der Waals surface area contributed by atoms with Crippen LogP contribution in [0.4, 0.5) is 0 Å². The molecule has 4 heteroatoms. The summed E-state index contributed by atoms with van der Waals surface area (Å²) in [7, 11) is 0. The molecule has 1 aliphatic carbocycles. The van der Waals surface area contributed by atoms with E-state index in [1.165, 1.54) is 4.88 Å². The standard InChI is InChI=1S/C13H15N3S/c1-9-7-10(11-3-2-6-17-11)16-12(15-9)13(8-14)4-5-13/h2-3,6-7H,4-5,8,14H2,1H3. The number of nitrogens with two attached hydrogens (primary N) is 1. The molecule has 1 saturated carbocycles. The van der Waals surface area contributed by atoms with Gasteiger partial charge in [0.25, 0.3) is 0 Å². The molecular formula is C13H15N3S. The lowest BCUT2D eigenvalue weighted by Crippen LogP contribution is -2.23. The fourth-order valence-electron chi connectivity index (χ4n) is 2.03. The van der Waals surface area contributed by atoms with E-state index >= 15 is 0 Å². The summed E-state index contributed by atoms with van der Waals surface area (Å²) in [6.07, 6.45) is 2.24. The first-order chi connectivity index (χ1) is 8.23. The Kier molecular flexibility index (Phi) is 2.49. The highest BCUT2D eigenvalue weighted by Gasteiger charge is 2.46. The molecular weight excluding hydrogens is 230 g/mol. The van der Waals surface area contributed by atoms with E-state index in [0.717, 1.165) is 30.1 Å². The highest BCUT2D eigenvalue weighted by Crippen LogP contribution is 2.46. The lowest BCUT2D eigenvalue weighted by Gasteiger charge is -2.12. The summed E-state index contributed by atoms with van der Waals surface area (Å²) in [5, 5.41) is 2.07. The zero-order chi connectivity index (χ0) is 11.9. The molecule has 0 amide bonds. The Labute approximate surface area is 105 Å². The van der Waals surface area contributed by atoms with E-state index in [2.05, 4.69) is 16.4 Å². The van der Waals surface area contributed by atoms with Gasteiger partial charge in [-0.05, 0) is 37.3 Å². The monoisotopic (exact) mass is 245 g/mol. The van der Waals surface area contributed by atoms with Crippen LogP contribution in [0.2, 0.25) is 0 Å². The summed E-state index contributed by atoms with van der Waals surface area (Å²) < 4.78 is 0. The van der Waals surface area contributed by atoms with Crippen molar-refractivity contribution in [3.05, 3.63) is 35.1 Å². The fraction of sp³-hybridized carbons (Fsp3) is 0.385. The zero-order valence-electron chi connectivity index (χ0n) is 9.81. The maximum absolute atomic E-state index is 5.84. The number of aromatic nitrogens is 2. The second kappa shape index (κ2) is 3.89. The van der Waals surface area contributed by atoms with Crippen molar-refractivity contribution in [2.24, 2.45) is 5.73 Å². The molecule has 3 rings (SSSR count). The highest BCUT2D eigenvalue weighted by atomic mass is 32.1. The molecule has 0 atom stereocenters. The third-order valence-corrected chi connectivity index (χ3v) is 4.24. The number of hydrogen-bond donors (Lipinski definition) is 1. The Morgan fingerprint density at radius 1 is 1.41 bits per heavy atom. The second-order valence-electron chi connectivity index (χ2n) is 4.68. The maximum atomic E-state index is 5.84. The third kappa shape index (κ3) is 1.87. The molecule has 2 heterocycles. The molecule has 0 unspecified atom stereocenters. The van der Waals surface area contributed by atoms with Crippen molar-refractivity contribution in [2.45, 2.75) is 25.2 Å². The molecule has 17 heavy (non-hydrogen) atoms. The van der Waals surface area contributed by atoms with Gasteiger partial charge in [0.2, 0.25) is 0 Å². The van der Waals surface area contributed by atoms with Crippen LogP contribution in [-0.2, 0) is 5.41 Å². The zero-order valence-corrected chi connectivity index (χ0v) is 10.6. The highest BCUT2D eigenvalue weighted by molar-refractivity contribution is 7.13. The normalized spacial score (nSPS) is 17.1. The average molecular weight is 245 g/mol. The number of thiophene rings is 1. The molecule has 0 radical (unpaired) electrons. The van der Waals surface area contributed by atoms with E-state index < -0.39 is 0 Å². The van der Waals surface area contributed by atoms with Crippen molar-refractivity contribution < 1.29 is 0 Å². The van der Waals surface area contributed by atoms with Gasteiger partial charge >= 0.3 is 0 Å². The van der Waals surface area contributed by atoms with Gasteiger partial charge in [0.05, 0.1) is 10.6 Å². The van der Waals surface area contributed by atoms with Crippen molar-refractivity contribution in [1.82, 2.24) is 9.97 Å². The Morgan fingerprint density at radius 2 is 2.24 bits per heavy atom. The van der Waals surface area contributed by atoms with Gasteiger partial charge in [-0.15, -0.1) is 11.3 Å². The molecule has 0 saturated heterocycles. The number of rotatable bonds is 3. The molecule has 1 fully saturated rings. The van der Waals surface area contributed by atoms with E-state index in [4.69, 9.17) is 10.7 Å². The molecule has 0 spiro atoms. The largest absolute Gasteiger partial charge is 0.329 e. The van der Waals surface area contributed by atoms with Crippen LogP contribution in [0.25, 0.3) is 10.6 Å². The molecule has 2 aromatic rings.